The lowest BCUT2D eigenvalue weighted by Gasteiger charge is -2.34. The van der Waals surface area contributed by atoms with Crippen LogP contribution in [-0.4, -0.2) is 58.7 Å². The van der Waals surface area contributed by atoms with E-state index in [2.05, 4.69) is 10.00 Å². The number of hydrogen-bond acceptors (Lipinski definition) is 3. The van der Waals surface area contributed by atoms with E-state index in [4.69, 9.17) is 0 Å². The molecule has 0 amide bonds. The zero-order valence-electron chi connectivity index (χ0n) is 12.7. The summed E-state index contributed by atoms with van der Waals surface area (Å²) >= 11 is 0. The van der Waals surface area contributed by atoms with Gasteiger partial charge >= 0.3 is 0 Å². The van der Waals surface area contributed by atoms with Gasteiger partial charge in [-0.2, -0.15) is 5.10 Å². The molecule has 3 rings (SSSR count). The van der Waals surface area contributed by atoms with Crippen LogP contribution in [0.3, 0.4) is 0 Å². The van der Waals surface area contributed by atoms with E-state index < -0.39 is 6.43 Å². The Bertz CT molecular complexity index is 619. The van der Waals surface area contributed by atoms with Crippen LogP contribution in [0.15, 0.2) is 36.5 Å². The van der Waals surface area contributed by atoms with Crippen LogP contribution >= 0.6 is 0 Å². The van der Waals surface area contributed by atoms with Gasteiger partial charge in [-0.15, -0.1) is 0 Å². The van der Waals surface area contributed by atoms with Crippen LogP contribution in [0.4, 0.5) is 13.2 Å². The maximum Gasteiger partial charge on any atom is 0.251 e. The maximum atomic E-state index is 12.9. The molecule has 1 fully saturated rings. The molecule has 0 aliphatic carbocycles. The molecule has 0 atom stereocenters. The van der Waals surface area contributed by atoms with Gasteiger partial charge in [0.15, 0.2) is 0 Å². The summed E-state index contributed by atoms with van der Waals surface area (Å²) in [6.07, 6.45) is -0.393. The second-order valence-electron chi connectivity index (χ2n) is 5.70. The molecule has 1 aliphatic heterocycles. The lowest BCUT2D eigenvalue weighted by atomic mass is 10.1. The average molecular weight is 324 g/mol. The maximum absolute atomic E-state index is 12.9. The van der Waals surface area contributed by atoms with Crippen LogP contribution < -0.4 is 0 Å². The zero-order valence-corrected chi connectivity index (χ0v) is 12.7. The number of halogens is 3. The largest absolute Gasteiger partial charge is 0.295 e. The number of nitrogens with zero attached hydrogens (tertiary/aromatic N) is 4. The first-order valence-electron chi connectivity index (χ1n) is 7.62. The fourth-order valence-corrected chi connectivity index (χ4v) is 2.73. The summed E-state index contributed by atoms with van der Waals surface area (Å²) in [6, 6.07) is 8.11. The first-order valence-corrected chi connectivity index (χ1v) is 7.62. The van der Waals surface area contributed by atoms with E-state index in [0.717, 1.165) is 24.3 Å². The van der Waals surface area contributed by atoms with Crippen LogP contribution in [0.5, 0.6) is 0 Å². The highest BCUT2D eigenvalue weighted by Crippen LogP contribution is 2.17. The molecule has 4 nitrogen and oxygen atoms in total. The molecule has 0 N–H and O–H groups in total. The van der Waals surface area contributed by atoms with E-state index in [1.54, 1.807) is 17.0 Å². The van der Waals surface area contributed by atoms with Crippen LogP contribution in [0, 0.1) is 5.82 Å². The summed E-state index contributed by atoms with van der Waals surface area (Å²) in [5, 5.41) is 4.49. The van der Waals surface area contributed by atoms with E-state index in [9.17, 15) is 13.2 Å². The minimum Gasteiger partial charge on any atom is -0.295 e. The van der Waals surface area contributed by atoms with Gasteiger partial charge in [0.25, 0.3) is 6.43 Å². The number of piperazine rings is 1. The van der Waals surface area contributed by atoms with Gasteiger partial charge in [-0.05, 0) is 30.3 Å². The second-order valence-corrected chi connectivity index (χ2v) is 5.70. The van der Waals surface area contributed by atoms with Gasteiger partial charge in [-0.25, -0.2) is 13.2 Å². The highest BCUT2D eigenvalue weighted by Gasteiger charge is 2.19. The van der Waals surface area contributed by atoms with Gasteiger partial charge in [-0.1, -0.05) is 0 Å². The van der Waals surface area contributed by atoms with Gasteiger partial charge in [0, 0.05) is 37.9 Å². The molecule has 0 saturated carbocycles. The van der Waals surface area contributed by atoms with Crippen molar-refractivity contribution in [3.63, 3.8) is 0 Å². The molecule has 1 aliphatic rings. The zero-order chi connectivity index (χ0) is 16.2. The third-order valence-electron chi connectivity index (χ3n) is 3.99. The third-order valence-corrected chi connectivity index (χ3v) is 3.99. The Morgan fingerprint density at radius 1 is 0.957 bits per heavy atom. The fourth-order valence-electron chi connectivity index (χ4n) is 2.73. The number of aromatic nitrogens is 2. The van der Waals surface area contributed by atoms with Gasteiger partial charge in [0.2, 0.25) is 0 Å². The molecule has 2 heterocycles. The van der Waals surface area contributed by atoms with Gasteiger partial charge < -0.3 is 0 Å². The van der Waals surface area contributed by atoms with E-state index in [0.29, 0.717) is 19.8 Å². The topological polar surface area (TPSA) is 24.3 Å². The first-order chi connectivity index (χ1) is 11.1. The van der Waals surface area contributed by atoms with Gasteiger partial charge in [-0.3, -0.25) is 14.5 Å². The first kappa shape index (κ1) is 16.0. The second kappa shape index (κ2) is 7.14. The predicted molar refractivity (Wildman–Crippen MR) is 81.6 cm³/mol. The number of rotatable bonds is 5. The molecule has 23 heavy (non-hydrogen) atoms. The Hall–Kier alpha value is -1.86. The SMILES string of the molecule is Fc1ccc(-c2ccn(CN3CCN(CC(F)F)CC3)n2)cc1. The molecule has 124 valence electrons. The minimum absolute atomic E-state index is 0.148. The van der Waals surface area contributed by atoms with E-state index >= 15 is 0 Å². The molecule has 0 spiro atoms. The van der Waals surface area contributed by atoms with Gasteiger partial charge in [0.1, 0.15) is 5.82 Å². The van der Waals surface area contributed by atoms with Crippen molar-refractivity contribution in [1.82, 2.24) is 19.6 Å². The highest BCUT2D eigenvalue weighted by molar-refractivity contribution is 5.58. The summed E-state index contributed by atoms with van der Waals surface area (Å²) in [5.74, 6) is -0.269. The lowest BCUT2D eigenvalue weighted by molar-refractivity contribution is 0.0463. The molecular weight excluding hydrogens is 305 g/mol. The van der Waals surface area contributed by atoms with Crippen LogP contribution in [0.1, 0.15) is 0 Å². The van der Waals surface area contributed by atoms with Crippen molar-refractivity contribution in [2.24, 2.45) is 0 Å². The predicted octanol–water partition coefficient (Wildman–Crippen LogP) is 2.53. The Kier molecular flexibility index (Phi) is 4.97. The summed E-state index contributed by atoms with van der Waals surface area (Å²) < 4.78 is 39.5. The standard InChI is InChI=1S/C16H19F3N4/c17-14-3-1-13(2-4-14)15-5-6-23(20-15)12-22-9-7-21(8-10-22)11-16(18)19/h1-6,16H,7-12H2. The smallest absolute Gasteiger partial charge is 0.251 e. The van der Waals surface area contributed by atoms with Crippen LogP contribution in [0.2, 0.25) is 0 Å². The highest BCUT2D eigenvalue weighted by atomic mass is 19.3. The number of alkyl halides is 2. The summed E-state index contributed by atoms with van der Waals surface area (Å²) in [7, 11) is 0. The Balaban J connectivity index is 1.55. The molecule has 0 unspecified atom stereocenters. The summed E-state index contributed by atoms with van der Waals surface area (Å²) in [6.45, 7) is 3.28. The quantitative estimate of drug-likeness (QED) is 0.845. The van der Waals surface area contributed by atoms with Gasteiger partial charge in [0.05, 0.1) is 18.9 Å². The molecule has 0 radical (unpaired) electrons. The molecule has 2 aromatic rings. The van der Waals surface area contributed by atoms with Crippen LogP contribution in [-0.2, 0) is 6.67 Å². The fraction of sp³-hybridized carbons (Fsp3) is 0.438. The monoisotopic (exact) mass is 324 g/mol. The third kappa shape index (κ3) is 4.33. The molecule has 1 aromatic heterocycles. The average Bonchev–Trinajstić information content (AvgIpc) is 2.98. The number of hydrogen-bond donors (Lipinski definition) is 0. The Labute approximate surface area is 133 Å². The van der Waals surface area contributed by atoms with Crippen molar-refractivity contribution in [3.05, 3.63) is 42.3 Å². The van der Waals surface area contributed by atoms with Crippen molar-refractivity contribution in [3.8, 4) is 11.3 Å². The van der Waals surface area contributed by atoms with E-state index in [1.807, 2.05) is 16.9 Å². The van der Waals surface area contributed by atoms with Crippen molar-refractivity contribution in [2.75, 3.05) is 32.7 Å². The van der Waals surface area contributed by atoms with E-state index in [1.165, 1.54) is 12.1 Å². The van der Waals surface area contributed by atoms with Crippen molar-refractivity contribution in [1.29, 1.82) is 0 Å². The minimum atomic E-state index is -2.27. The van der Waals surface area contributed by atoms with Crippen molar-refractivity contribution >= 4 is 0 Å². The van der Waals surface area contributed by atoms with E-state index in [-0.39, 0.29) is 12.4 Å². The Morgan fingerprint density at radius 2 is 1.61 bits per heavy atom. The normalized spacial score (nSPS) is 17.0. The summed E-state index contributed by atoms with van der Waals surface area (Å²) in [4.78, 5) is 3.97. The number of benzene rings is 1. The van der Waals surface area contributed by atoms with Crippen LogP contribution in [0.25, 0.3) is 11.3 Å². The molecular formula is C16H19F3N4. The lowest BCUT2D eigenvalue weighted by Crippen LogP contribution is -2.48. The molecule has 7 heteroatoms. The molecule has 1 saturated heterocycles. The Morgan fingerprint density at radius 3 is 2.26 bits per heavy atom. The van der Waals surface area contributed by atoms with Crippen molar-refractivity contribution in [2.45, 2.75) is 13.1 Å². The molecule has 0 bridgehead atoms. The molecule has 1 aromatic carbocycles. The van der Waals surface area contributed by atoms with Crippen molar-refractivity contribution < 1.29 is 13.2 Å². The summed E-state index contributed by atoms with van der Waals surface area (Å²) in [5.41, 5.74) is 1.66.